The van der Waals surface area contributed by atoms with Gasteiger partial charge in [0, 0.05) is 25.2 Å². The summed E-state index contributed by atoms with van der Waals surface area (Å²) < 4.78 is 13.5. The summed E-state index contributed by atoms with van der Waals surface area (Å²) >= 11 is 1.15. The number of amides is 1. The van der Waals surface area contributed by atoms with Gasteiger partial charge in [-0.15, -0.1) is 0 Å². The number of H-pyrrole nitrogens is 1. The average Bonchev–Trinajstić information content (AvgIpc) is 3.29. The smallest absolute Gasteiger partial charge is 0.329 e. The van der Waals surface area contributed by atoms with Crippen LogP contribution in [0.1, 0.15) is 11.1 Å². The van der Waals surface area contributed by atoms with E-state index in [0.29, 0.717) is 35.2 Å². The quantitative estimate of drug-likeness (QED) is 0.185. The third-order valence-corrected chi connectivity index (χ3v) is 6.58. The van der Waals surface area contributed by atoms with E-state index in [1.807, 2.05) is 30.3 Å². The number of carbonyl (C=O) groups is 1. The number of hydrogen-bond donors (Lipinski definition) is 2. The molecule has 0 bridgehead atoms. The molecule has 0 radical (unpaired) electrons. The Morgan fingerprint density at radius 1 is 1.16 bits per heavy atom. The molecule has 0 fully saturated rings. The highest BCUT2D eigenvalue weighted by molar-refractivity contribution is 7.99. The van der Waals surface area contributed by atoms with E-state index in [1.165, 1.54) is 17.9 Å². The predicted octanol–water partition coefficient (Wildman–Crippen LogP) is 1.93. The van der Waals surface area contributed by atoms with Crippen molar-refractivity contribution in [3.63, 3.8) is 0 Å². The van der Waals surface area contributed by atoms with Crippen molar-refractivity contribution in [1.82, 2.24) is 24.5 Å². The Morgan fingerprint density at radius 2 is 1.95 bits per heavy atom. The number of carbonyl (C=O) groups excluding carboxylic acids is 1. The largest absolute Gasteiger partial charge is 0.497 e. The van der Waals surface area contributed by atoms with Crippen molar-refractivity contribution in [3.8, 4) is 11.5 Å². The first-order chi connectivity index (χ1) is 17.9. The summed E-state index contributed by atoms with van der Waals surface area (Å²) in [6.45, 7) is 0.446. The van der Waals surface area contributed by atoms with Crippen LogP contribution in [-0.2, 0) is 24.8 Å². The third kappa shape index (κ3) is 5.92. The molecule has 11 nitrogen and oxygen atoms in total. The Morgan fingerprint density at radius 3 is 2.68 bits per heavy atom. The highest BCUT2D eigenvalue weighted by Crippen LogP contribution is 2.24. The molecule has 1 amide bonds. The molecule has 4 aromatic rings. The Kier molecular flexibility index (Phi) is 8.08. The Balaban J connectivity index is 1.50. The maximum absolute atomic E-state index is 12.6. The Labute approximate surface area is 216 Å². The fourth-order valence-electron chi connectivity index (χ4n) is 3.68. The number of imidazole rings is 1. The van der Waals surface area contributed by atoms with Gasteiger partial charge in [0.05, 0.1) is 26.2 Å². The number of ether oxygens (including phenoxy) is 2. The van der Waals surface area contributed by atoms with Crippen LogP contribution in [-0.4, -0.2) is 51.2 Å². The van der Waals surface area contributed by atoms with Crippen LogP contribution in [0.2, 0.25) is 0 Å². The summed E-state index contributed by atoms with van der Waals surface area (Å²) in [6, 6.07) is 15.1. The van der Waals surface area contributed by atoms with Crippen molar-refractivity contribution in [1.29, 1.82) is 0 Å². The van der Waals surface area contributed by atoms with Gasteiger partial charge in [-0.05, 0) is 24.1 Å². The first kappa shape index (κ1) is 25.8. The van der Waals surface area contributed by atoms with E-state index in [-0.39, 0.29) is 22.8 Å². The van der Waals surface area contributed by atoms with Crippen molar-refractivity contribution < 1.29 is 14.3 Å². The number of benzene rings is 2. The SMILES string of the molecule is COc1ccc(C=NNC(=O)CSc2nc3c(c(=O)[nH]c(=O)n3C)n2CCc2ccccc2)c(OC)c1. The molecule has 0 unspecified atom stereocenters. The molecule has 0 aliphatic heterocycles. The van der Waals surface area contributed by atoms with E-state index in [9.17, 15) is 14.4 Å². The van der Waals surface area contributed by atoms with E-state index in [2.05, 4.69) is 20.5 Å². The van der Waals surface area contributed by atoms with Crippen LogP contribution in [0.4, 0.5) is 0 Å². The summed E-state index contributed by atoms with van der Waals surface area (Å²) in [7, 11) is 4.64. The lowest BCUT2D eigenvalue weighted by Crippen LogP contribution is -2.29. The van der Waals surface area contributed by atoms with Gasteiger partial charge in [0.1, 0.15) is 11.5 Å². The number of rotatable bonds is 10. The molecule has 0 aliphatic rings. The molecular weight excluding hydrogens is 496 g/mol. The van der Waals surface area contributed by atoms with Crippen LogP contribution < -0.4 is 26.1 Å². The third-order valence-electron chi connectivity index (χ3n) is 5.60. The van der Waals surface area contributed by atoms with E-state index < -0.39 is 11.2 Å². The van der Waals surface area contributed by atoms with Crippen molar-refractivity contribution >= 4 is 35.0 Å². The zero-order valence-electron chi connectivity index (χ0n) is 20.6. The van der Waals surface area contributed by atoms with Gasteiger partial charge >= 0.3 is 5.69 Å². The Bertz CT molecular complexity index is 1560. The maximum atomic E-state index is 12.6. The first-order valence-corrected chi connectivity index (χ1v) is 12.3. The topological polar surface area (TPSA) is 133 Å². The number of methoxy groups -OCH3 is 2. The molecule has 192 valence electrons. The lowest BCUT2D eigenvalue weighted by Gasteiger charge is -2.09. The number of aromatic nitrogens is 4. The summed E-state index contributed by atoms with van der Waals surface area (Å²) in [5.41, 5.74) is 3.71. The summed E-state index contributed by atoms with van der Waals surface area (Å²) in [5.74, 6) is 0.825. The minimum Gasteiger partial charge on any atom is -0.497 e. The number of hydrazone groups is 1. The minimum absolute atomic E-state index is 0.00238. The molecule has 2 N–H and O–H groups in total. The van der Waals surface area contributed by atoms with Crippen molar-refractivity contribution in [3.05, 3.63) is 80.5 Å². The standard InChI is InChI=1S/C25H26N6O5S/c1-30-22-21(23(33)28-24(30)34)31(12-11-16-7-5-4-6-8-16)25(27-22)37-15-20(32)29-26-14-17-9-10-18(35-2)13-19(17)36-3/h4-10,13-14H,11-12,15H2,1-3H3,(H,29,32)(H,28,33,34). The molecule has 0 saturated heterocycles. The van der Waals surface area contributed by atoms with Gasteiger partial charge in [0.25, 0.3) is 11.5 Å². The molecule has 2 aromatic carbocycles. The number of fused-ring (bicyclic) bond motifs is 1. The monoisotopic (exact) mass is 522 g/mol. The fourth-order valence-corrected chi connectivity index (χ4v) is 4.49. The number of nitrogens with zero attached hydrogens (tertiary/aromatic N) is 4. The first-order valence-electron chi connectivity index (χ1n) is 11.3. The van der Waals surface area contributed by atoms with Gasteiger partial charge in [-0.25, -0.2) is 15.2 Å². The maximum Gasteiger partial charge on any atom is 0.329 e. The number of aromatic amines is 1. The normalized spacial score (nSPS) is 11.2. The number of hydrogen-bond acceptors (Lipinski definition) is 8. The lowest BCUT2D eigenvalue weighted by atomic mass is 10.1. The zero-order valence-corrected chi connectivity index (χ0v) is 21.4. The highest BCUT2D eigenvalue weighted by atomic mass is 32.2. The average molecular weight is 523 g/mol. The molecule has 2 heterocycles. The van der Waals surface area contributed by atoms with Gasteiger partial charge in [0.2, 0.25) is 0 Å². The van der Waals surface area contributed by atoms with Crippen LogP contribution >= 0.6 is 11.8 Å². The van der Waals surface area contributed by atoms with Crippen molar-refractivity contribution in [2.24, 2.45) is 12.1 Å². The number of thioether (sulfide) groups is 1. The summed E-state index contributed by atoms with van der Waals surface area (Å²) in [5, 5.41) is 4.46. The molecule has 37 heavy (non-hydrogen) atoms. The van der Waals surface area contributed by atoms with Crippen LogP contribution in [0.5, 0.6) is 11.5 Å². The minimum atomic E-state index is -0.553. The van der Waals surface area contributed by atoms with Crippen molar-refractivity contribution in [2.45, 2.75) is 18.1 Å². The highest BCUT2D eigenvalue weighted by Gasteiger charge is 2.18. The fraction of sp³-hybridized carbons (Fsp3) is 0.240. The molecule has 2 aromatic heterocycles. The molecule has 0 spiro atoms. The molecule has 4 rings (SSSR count). The van der Waals surface area contributed by atoms with Crippen LogP contribution in [0.3, 0.4) is 0 Å². The second kappa shape index (κ2) is 11.6. The zero-order chi connectivity index (χ0) is 26.4. The van der Waals surface area contributed by atoms with Gasteiger partial charge in [-0.2, -0.15) is 5.10 Å². The van der Waals surface area contributed by atoms with E-state index in [1.54, 1.807) is 36.9 Å². The predicted molar refractivity (Wildman–Crippen MR) is 142 cm³/mol. The van der Waals surface area contributed by atoms with E-state index >= 15 is 0 Å². The van der Waals surface area contributed by atoms with Crippen LogP contribution in [0.15, 0.2) is 68.4 Å². The van der Waals surface area contributed by atoms with E-state index in [4.69, 9.17) is 9.47 Å². The Hall–Kier alpha value is -4.32. The van der Waals surface area contributed by atoms with Gasteiger partial charge in [0.15, 0.2) is 16.3 Å². The molecule has 0 atom stereocenters. The second-order valence-electron chi connectivity index (χ2n) is 7.96. The molecule has 0 saturated carbocycles. The molecular formula is C25H26N6O5S. The lowest BCUT2D eigenvalue weighted by molar-refractivity contribution is -0.118. The second-order valence-corrected chi connectivity index (χ2v) is 8.90. The number of aryl methyl sites for hydroxylation is 3. The van der Waals surface area contributed by atoms with Crippen LogP contribution in [0.25, 0.3) is 11.2 Å². The molecule has 0 aliphatic carbocycles. The van der Waals surface area contributed by atoms with Gasteiger partial charge in [-0.3, -0.25) is 19.1 Å². The van der Waals surface area contributed by atoms with Crippen molar-refractivity contribution in [2.75, 3.05) is 20.0 Å². The van der Waals surface area contributed by atoms with Crippen LogP contribution in [0, 0.1) is 0 Å². The number of nitrogens with one attached hydrogen (secondary N) is 2. The van der Waals surface area contributed by atoms with Gasteiger partial charge < -0.3 is 14.0 Å². The van der Waals surface area contributed by atoms with E-state index in [0.717, 1.165) is 17.3 Å². The molecule has 12 heteroatoms. The summed E-state index contributed by atoms with van der Waals surface area (Å²) in [4.78, 5) is 44.1. The van der Waals surface area contributed by atoms with Gasteiger partial charge in [-0.1, -0.05) is 42.1 Å². The summed E-state index contributed by atoms with van der Waals surface area (Å²) in [6.07, 6.45) is 2.12.